The van der Waals surface area contributed by atoms with E-state index in [4.69, 9.17) is 21.1 Å². The number of nitrogens with zero attached hydrogens (tertiary/aromatic N) is 2. The Morgan fingerprint density at radius 3 is 2.42 bits per heavy atom. The SMILES string of the molecule is COc1ccc(Nc2nc3ccccc3nc2C(=O)OC(C)C)cc1Cl. The van der Waals surface area contributed by atoms with Gasteiger partial charge in [0.15, 0.2) is 11.5 Å². The van der Waals surface area contributed by atoms with Gasteiger partial charge < -0.3 is 14.8 Å². The predicted molar refractivity (Wildman–Crippen MR) is 101 cm³/mol. The van der Waals surface area contributed by atoms with E-state index in [-0.39, 0.29) is 11.8 Å². The second-order valence-corrected chi connectivity index (χ2v) is 6.25. The molecule has 0 saturated heterocycles. The summed E-state index contributed by atoms with van der Waals surface area (Å²) >= 11 is 6.17. The highest BCUT2D eigenvalue weighted by molar-refractivity contribution is 6.32. The van der Waals surface area contributed by atoms with Crippen LogP contribution in [-0.4, -0.2) is 29.2 Å². The molecular weight excluding hydrogens is 354 g/mol. The fourth-order valence-corrected chi connectivity index (χ4v) is 2.64. The highest BCUT2D eigenvalue weighted by Crippen LogP contribution is 2.29. The molecule has 0 aliphatic rings. The van der Waals surface area contributed by atoms with Gasteiger partial charge in [-0.05, 0) is 44.2 Å². The third-order valence-electron chi connectivity index (χ3n) is 3.52. The van der Waals surface area contributed by atoms with E-state index in [1.54, 1.807) is 45.2 Å². The van der Waals surface area contributed by atoms with Crippen LogP contribution in [0.15, 0.2) is 42.5 Å². The van der Waals surface area contributed by atoms with Crippen molar-refractivity contribution in [1.82, 2.24) is 9.97 Å². The quantitative estimate of drug-likeness (QED) is 0.661. The highest BCUT2D eigenvalue weighted by atomic mass is 35.5. The number of anilines is 2. The first-order valence-electron chi connectivity index (χ1n) is 8.06. The first-order chi connectivity index (χ1) is 12.5. The molecule has 0 aliphatic heterocycles. The fraction of sp³-hybridized carbons (Fsp3) is 0.211. The second-order valence-electron chi connectivity index (χ2n) is 5.84. The number of hydrogen-bond acceptors (Lipinski definition) is 6. The summed E-state index contributed by atoms with van der Waals surface area (Å²) in [4.78, 5) is 21.4. The molecule has 2 aromatic carbocycles. The lowest BCUT2D eigenvalue weighted by atomic mass is 10.2. The Morgan fingerprint density at radius 2 is 1.81 bits per heavy atom. The topological polar surface area (TPSA) is 73.3 Å². The molecule has 7 heteroatoms. The lowest BCUT2D eigenvalue weighted by Gasteiger charge is -2.13. The van der Waals surface area contributed by atoms with Crippen molar-refractivity contribution in [3.63, 3.8) is 0 Å². The van der Waals surface area contributed by atoms with E-state index in [0.29, 0.717) is 33.3 Å². The third kappa shape index (κ3) is 3.86. The van der Waals surface area contributed by atoms with Gasteiger partial charge in [-0.2, -0.15) is 0 Å². The zero-order valence-electron chi connectivity index (χ0n) is 14.6. The maximum Gasteiger partial charge on any atom is 0.361 e. The minimum absolute atomic E-state index is 0.115. The molecule has 0 radical (unpaired) electrons. The number of benzene rings is 2. The van der Waals surface area contributed by atoms with Gasteiger partial charge in [0, 0.05) is 5.69 Å². The van der Waals surface area contributed by atoms with E-state index in [2.05, 4.69) is 15.3 Å². The number of fused-ring (bicyclic) bond motifs is 1. The number of aromatic nitrogens is 2. The Kier molecular flexibility index (Phi) is 5.23. The fourth-order valence-electron chi connectivity index (χ4n) is 2.38. The number of carbonyl (C=O) groups is 1. The summed E-state index contributed by atoms with van der Waals surface area (Å²) in [6.07, 6.45) is -0.265. The summed E-state index contributed by atoms with van der Waals surface area (Å²) in [5.74, 6) is 0.317. The second kappa shape index (κ2) is 7.58. The molecule has 3 rings (SSSR count). The van der Waals surface area contributed by atoms with Gasteiger partial charge in [0.05, 0.1) is 29.3 Å². The molecule has 1 heterocycles. The van der Waals surface area contributed by atoms with Gasteiger partial charge >= 0.3 is 5.97 Å². The Bertz CT molecular complexity index is 960. The van der Waals surface area contributed by atoms with Gasteiger partial charge in [-0.3, -0.25) is 0 Å². The number of halogens is 1. The number of carbonyl (C=O) groups excluding carboxylic acids is 1. The molecule has 0 amide bonds. The number of nitrogens with one attached hydrogen (secondary N) is 1. The summed E-state index contributed by atoms with van der Waals surface area (Å²) in [7, 11) is 1.54. The van der Waals surface area contributed by atoms with E-state index >= 15 is 0 Å². The van der Waals surface area contributed by atoms with Crippen LogP contribution in [0.1, 0.15) is 24.3 Å². The van der Waals surface area contributed by atoms with Gasteiger partial charge in [-0.15, -0.1) is 0 Å². The first-order valence-corrected chi connectivity index (χ1v) is 8.44. The van der Waals surface area contributed by atoms with Crippen LogP contribution in [-0.2, 0) is 4.74 Å². The molecule has 0 saturated carbocycles. The summed E-state index contributed by atoms with van der Waals surface area (Å²) < 4.78 is 10.4. The summed E-state index contributed by atoms with van der Waals surface area (Å²) in [6, 6.07) is 12.5. The molecule has 26 heavy (non-hydrogen) atoms. The van der Waals surface area contributed by atoms with Crippen molar-refractivity contribution in [1.29, 1.82) is 0 Å². The van der Waals surface area contributed by atoms with Crippen molar-refractivity contribution in [2.24, 2.45) is 0 Å². The van der Waals surface area contributed by atoms with Crippen LogP contribution in [0.3, 0.4) is 0 Å². The van der Waals surface area contributed by atoms with Crippen molar-refractivity contribution in [2.45, 2.75) is 20.0 Å². The first kappa shape index (κ1) is 17.9. The highest BCUT2D eigenvalue weighted by Gasteiger charge is 2.19. The zero-order chi connectivity index (χ0) is 18.7. The van der Waals surface area contributed by atoms with Crippen LogP contribution in [0.25, 0.3) is 11.0 Å². The van der Waals surface area contributed by atoms with E-state index in [1.807, 2.05) is 18.2 Å². The molecule has 6 nitrogen and oxygen atoms in total. The van der Waals surface area contributed by atoms with Gasteiger partial charge in [0.2, 0.25) is 0 Å². The standard InChI is InChI=1S/C19H18ClN3O3/c1-11(2)26-19(24)17-18(23-15-7-5-4-6-14(15)22-17)21-12-8-9-16(25-3)13(20)10-12/h4-11H,1-3H3,(H,21,23). The molecule has 1 N–H and O–H groups in total. The number of hydrogen-bond donors (Lipinski definition) is 1. The number of methoxy groups -OCH3 is 1. The van der Waals surface area contributed by atoms with Crippen LogP contribution >= 0.6 is 11.6 Å². The Balaban J connectivity index is 2.04. The van der Waals surface area contributed by atoms with Crippen LogP contribution in [0, 0.1) is 0 Å². The van der Waals surface area contributed by atoms with E-state index in [9.17, 15) is 4.79 Å². The van der Waals surface area contributed by atoms with Crippen LogP contribution in [0.5, 0.6) is 5.75 Å². The van der Waals surface area contributed by atoms with Gasteiger partial charge in [-0.1, -0.05) is 23.7 Å². The maximum absolute atomic E-state index is 12.5. The Morgan fingerprint density at radius 1 is 1.12 bits per heavy atom. The number of ether oxygens (including phenoxy) is 2. The van der Waals surface area contributed by atoms with Crippen LogP contribution < -0.4 is 10.1 Å². The molecule has 0 spiro atoms. The van der Waals surface area contributed by atoms with Crippen molar-refractivity contribution in [3.05, 3.63) is 53.2 Å². The Labute approximate surface area is 156 Å². The third-order valence-corrected chi connectivity index (χ3v) is 3.82. The molecule has 3 aromatic rings. The van der Waals surface area contributed by atoms with Crippen molar-refractivity contribution >= 4 is 40.1 Å². The van der Waals surface area contributed by atoms with E-state index in [1.165, 1.54) is 0 Å². The summed E-state index contributed by atoms with van der Waals surface area (Å²) in [5, 5.41) is 3.54. The number of esters is 1. The normalized spacial score (nSPS) is 10.8. The predicted octanol–water partition coefficient (Wildman–Crippen LogP) is 4.60. The van der Waals surface area contributed by atoms with Crippen molar-refractivity contribution in [2.75, 3.05) is 12.4 Å². The summed E-state index contributed by atoms with van der Waals surface area (Å²) in [6.45, 7) is 3.56. The lowest BCUT2D eigenvalue weighted by molar-refractivity contribution is 0.0372. The van der Waals surface area contributed by atoms with E-state index < -0.39 is 5.97 Å². The minimum atomic E-state index is -0.541. The lowest BCUT2D eigenvalue weighted by Crippen LogP contribution is -2.16. The van der Waals surface area contributed by atoms with Crippen molar-refractivity contribution < 1.29 is 14.3 Å². The smallest absolute Gasteiger partial charge is 0.361 e. The monoisotopic (exact) mass is 371 g/mol. The van der Waals surface area contributed by atoms with Crippen LogP contribution in [0.2, 0.25) is 5.02 Å². The molecule has 0 atom stereocenters. The maximum atomic E-state index is 12.5. The van der Waals surface area contributed by atoms with E-state index in [0.717, 1.165) is 0 Å². The average molecular weight is 372 g/mol. The molecule has 0 fully saturated rings. The molecule has 0 aliphatic carbocycles. The molecule has 1 aromatic heterocycles. The largest absolute Gasteiger partial charge is 0.495 e. The number of para-hydroxylation sites is 2. The van der Waals surface area contributed by atoms with Gasteiger partial charge in [0.25, 0.3) is 0 Å². The molecule has 134 valence electrons. The zero-order valence-corrected chi connectivity index (χ0v) is 15.4. The van der Waals surface area contributed by atoms with Gasteiger partial charge in [0.1, 0.15) is 5.75 Å². The van der Waals surface area contributed by atoms with Gasteiger partial charge in [-0.25, -0.2) is 14.8 Å². The Hall–Kier alpha value is -2.86. The van der Waals surface area contributed by atoms with Crippen molar-refractivity contribution in [3.8, 4) is 5.75 Å². The number of rotatable bonds is 5. The molecular formula is C19H18ClN3O3. The minimum Gasteiger partial charge on any atom is -0.495 e. The molecule has 0 unspecified atom stereocenters. The molecule has 0 bridgehead atoms. The summed E-state index contributed by atoms with van der Waals surface area (Å²) in [5.41, 5.74) is 2.04. The average Bonchev–Trinajstić information content (AvgIpc) is 2.60. The van der Waals surface area contributed by atoms with Crippen LogP contribution in [0.4, 0.5) is 11.5 Å².